The van der Waals surface area contributed by atoms with E-state index in [1.165, 1.54) is 31.2 Å². The molecule has 230 valence electrons. The van der Waals surface area contributed by atoms with Crippen LogP contribution in [-0.4, -0.2) is 0 Å². The van der Waals surface area contributed by atoms with Gasteiger partial charge in [0.2, 0.25) is 0 Å². The first-order valence-corrected chi connectivity index (χ1v) is 15.7. The van der Waals surface area contributed by atoms with Crippen LogP contribution in [0.2, 0.25) is 0 Å². The standard InChI is InChI=1S/C20H22F2.C17H21F3.2H2/c1-13-3-6-15(7-4-13)16-8-10-17(11-9-16)18-12-5-14(2)19(21)20(18)22;1-10-3-6-12(7-4-10)14-9-13-8-5-11(2)16(18)15(13)17(14,19)20;;/h5,8-13,15H,3-4,6-7H2,1-2H3;5,8,10,12,14H,3-4,6-7,9H2,1-2H3;2*1H. The Morgan fingerprint density at radius 2 is 1.19 bits per heavy atom. The number of hydrogen-bond acceptors (Lipinski definition) is 0. The molecule has 0 radical (unpaired) electrons. The van der Waals surface area contributed by atoms with Crippen LogP contribution in [0, 0.1) is 55.0 Å². The first kappa shape index (κ1) is 30.8. The van der Waals surface area contributed by atoms with Crippen molar-refractivity contribution in [2.75, 3.05) is 0 Å². The fraction of sp³-hybridized carbons (Fsp3) is 0.514. The second-order valence-electron chi connectivity index (χ2n) is 13.3. The Hall–Kier alpha value is -2.69. The average Bonchev–Trinajstić information content (AvgIpc) is 3.26. The van der Waals surface area contributed by atoms with Gasteiger partial charge in [0.15, 0.2) is 11.6 Å². The van der Waals surface area contributed by atoms with Gasteiger partial charge in [-0.05, 0) is 97.4 Å². The van der Waals surface area contributed by atoms with Gasteiger partial charge in [0.25, 0.3) is 5.92 Å². The van der Waals surface area contributed by atoms with Crippen LogP contribution in [0.15, 0.2) is 48.5 Å². The van der Waals surface area contributed by atoms with Gasteiger partial charge in [-0.2, -0.15) is 0 Å². The zero-order valence-electron chi connectivity index (χ0n) is 25.3. The van der Waals surface area contributed by atoms with Crippen molar-refractivity contribution in [2.45, 2.75) is 97.3 Å². The maximum Gasteiger partial charge on any atom is 0.279 e. The van der Waals surface area contributed by atoms with Crippen LogP contribution in [0.25, 0.3) is 11.1 Å². The van der Waals surface area contributed by atoms with Gasteiger partial charge in [-0.1, -0.05) is 88.1 Å². The molecule has 0 amide bonds. The fourth-order valence-electron chi connectivity index (χ4n) is 7.35. The Kier molecular flexibility index (Phi) is 9.16. The largest absolute Gasteiger partial charge is 0.279 e. The summed E-state index contributed by atoms with van der Waals surface area (Å²) in [5.74, 6) is -3.78. The highest BCUT2D eigenvalue weighted by atomic mass is 19.3. The molecule has 2 saturated carbocycles. The lowest BCUT2D eigenvalue weighted by atomic mass is 9.74. The first-order valence-electron chi connectivity index (χ1n) is 15.7. The summed E-state index contributed by atoms with van der Waals surface area (Å²) < 4.78 is 71.3. The SMILES string of the molecule is Cc1ccc(-c2ccc(C3CCC(C)CC3)cc2)c(F)c1F.Cc1ccc2c(c1F)C(F)(F)C(C1CCC(C)CC1)C2.[HH].[HH]. The van der Waals surface area contributed by atoms with Crippen LogP contribution in [0.5, 0.6) is 0 Å². The molecule has 0 N–H and O–H groups in total. The molecule has 3 aromatic carbocycles. The molecule has 2 fully saturated rings. The number of aryl methyl sites for hydroxylation is 2. The van der Waals surface area contributed by atoms with E-state index in [1.54, 1.807) is 38.1 Å². The molecule has 3 aliphatic carbocycles. The van der Waals surface area contributed by atoms with Gasteiger partial charge in [0.05, 0.1) is 5.56 Å². The van der Waals surface area contributed by atoms with Crippen molar-refractivity contribution in [3.05, 3.63) is 93.8 Å². The van der Waals surface area contributed by atoms with Crippen molar-refractivity contribution in [3.63, 3.8) is 0 Å². The molecule has 0 nitrogen and oxygen atoms in total. The Labute approximate surface area is 250 Å². The number of fused-ring (bicyclic) bond motifs is 1. The Morgan fingerprint density at radius 3 is 1.81 bits per heavy atom. The predicted molar refractivity (Wildman–Crippen MR) is 164 cm³/mol. The number of alkyl halides is 2. The molecule has 0 spiro atoms. The number of hydrogen-bond donors (Lipinski definition) is 0. The highest BCUT2D eigenvalue weighted by molar-refractivity contribution is 5.65. The van der Waals surface area contributed by atoms with Crippen molar-refractivity contribution in [1.29, 1.82) is 0 Å². The van der Waals surface area contributed by atoms with Gasteiger partial charge in [0.1, 0.15) is 5.82 Å². The van der Waals surface area contributed by atoms with Gasteiger partial charge < -0.3 is 0 Å². The molecular formula is C37H47F5. The summed E-state index contributed by atoms with van der Waals surface area (Å²) in [5.41, 5.74) is 3.26. The van der Waals surface area contributed by atoms with Crippen molar-refractivity contribution in [3.8, 4) is 11.1 Å². The quantitative estimate of drug-likeness (QED) is 0.268. The molecule has 6 rings (SSSR count). The van der Waals surface area contributed by atoms with Gasteiger partial charge in [-0.3, -0.25) is 0 Å². The second-order valence-corrected chi connectivity index (χ2v) is 13.3. The van der Waals surface area contributed by atoms with Crippen molar-refractivity contribution < 1.29 is 24.8 Å². The van der Waals surface area contributed by atoms with Crippen molar-refractivity contribution >= 4 is 0 Å². The minimum absolute atomic E-state index is 0. The van der Waals surface area contributed by atoms with Crippen LogP contribution in [0.1, 0.15) is 102 Å². The second kappa shape index (κ2) is 12.5. The van der Waals surface area contributed by atoms with E-state index in [4.69, 9.17) is 0 Å². The van der Waals surface area contributed by atoms with Crippen LogP contribution in [-0.2, 0) is 12.3 Å². The zero-order valence-corrected chi connectivity index (χ0v) is 25.3. The fourth-order valence-corrected chi connectivity index (χ4v) is 7.35. The third-order valence-corrected chi connectivity index (χ3v) is 10.3. The third-order valence-electron chi connectivity index (χ3n) is 10.3. The van der Waals surface area contributed by atoms with Gasteiger partial charge in [0, 0.05) is 14.3 Å². The normalized spacial score (nSPS) is 26.7. The first-order chi connectivity index (χ1) is 20.0. The lowest BCUT2D eigenvalue weighted by Gasteiger charge is -2.33. The maximum absolute atomic E-state index is 14.7. The molecule has 1 unspecified atom stereocenters. The van der Waals surface area contributed by atoms with Crippen LogP contribution in [0.4, 0.5) is 22.0 Å². The summed E-state index contributed by atoms with van der Waals surface area (Å²) in [4.78, 5) is 0. The molecule has 42 heavy (non-hydrogen) atoms. The smallest absolute Gasteiger partial charge is 0.206 e. The topological polar surface area (TPSA) is 0 Å². The van der Waals surface area contributed by atoms with E-state index in [0.717, 1.165) is 37.2 Å². The Bertz CT molecular complexity index is 1390. The molecule has 3 aliphatic rings. The van der Waals surface area contributed by atoms with E-state index in [9.17, 15) is 22.0 Å². The highest BCUT2D eigenvalue weighted by Gasteiger charge is 2.53. The van der Waals surface area contributed by atoms with Gasteiger partial charge in [-0.25, -0.2) is 22.0 Å². The van der Waals surface area contributed by atoms with Gasteiger partial charge in [-0.15, -0.1) is 0 Å². The lowest BCUT2D eigenvalue weighted by molar-refractivity contribution is -0.0836. The third kappa shape index (κ3) is 6.17. The van der Waals surface area contributed by atoms with E-state index in [0.29, 0.717) is 40.5 Å². The summed E-state index contributed by atoms with van der Waals surface area (Å²) in [7, 11) is 0. The van der Waals surface area contributed by atoms with Crippen LogP contribution in [0.3, 0.4) is 0 Å². The summed E-state index contributed by atoms with van der Waals surface area (Å²) >= 11 is 0. The molecule has 0 heterocycles. The van der Waals surface area contributed by atoms with E-state index < -0.39 is 29.3 Å². The number of halogens is 5. The van der Waals surface area contributed by atoms with Gasteiger partial charge >= 0.3 is 0 Å². The van der Waals surface area contributed by atoms with Crippen LogP contribution < -0.4 is 0 Å². The molecule has 0 bridgehead atoms. The van der Waals surface area contributed by atoms with E-state index in [1.807, 2.05) is 12.1 Å². The zero-order chi connectivity index (χ0) is 30.2. The Morgan fingerprint density at radius 1 is 0.643 bits per heavy atom. The molecule has 3 aromatic rings. The molecule has 0 aromatic heterocycles. The molecule has 0 saturated heterocycles. The summed E-state index contributed by atoms with van der Waals surface area (Å²) in [6.07, 6.45) is 9.12. The van der Waals surface area contributed by atoms with E-state index in [2.05, 4.69) is 26.0 Å². The maximum atomic E-state index is 14.7. The molecular weight excluding hydrogens is 539 g/mol. The molecule has 0 aliphatic heterocycles. The minimum Gasteiger partial charge on any atom is -0.206 e. The lowest BCUT2D eigenvalue weighted by Crippen LogP contribution is -2.31. The number of benzene rings is 3. The summed E-state index contributed by atoms with van der Waals surface area (Å²) in [6.45, 7) is 7.63. The minimum atomic E-state index is -3.00. The molecule has 1 atom stereocenters. The summed E-state index contributed by atoms with van der Waals surface area (Å²) in [5, 5.41) is 0. The monoisotopic (exact) mass is 586 g/mol. The van der Waals surface area contributed by atoms with E-state index >= 15 is 0 Å². The van der Waals surface area contributed by atoms with Crippen LogP contribution >= 0.6 is 0 Å². The Balaban J connectivity index is 0.000000231. The van der Waals surface area contributed by atoms with Crippen molar-refractivity contribution in [2.24, 2.45) is 23.7 Å². The van der Waals surface area contributed by atoms with E-state index in [-0.39, 0.29) is 14.3 Å². The number of rotatable bonds is 3. The van der Waals surface area contributed by atoms with Crippen molar-refractivity contribution in [1.82, 2.24) is 0 Å². The summed E-state index contributed by atoms with van der Waals surface area (Å²) in [6, 6.07) is 14.6. The highest BCUT2D eigenvalue weighted by Crippen LogP contribution is 2.53. The average molecular weight is 587 g/mol. The molecule has 5 heteroatoms. The predicted octanol–water partition coefficient (Wildman–Crippen LogP) is 12.0.